The number of nitrogens with zero attached hydrogens (tertiary/aromatic N) is 2. The topological polar surface area (TPSA) is 31.7 Å². The molecule has 2 rings (SSSR count). The average Bonchev–Trinajstić information content (AvgIpc) is 2.74. The van der Waals surface area contributed by atoms with Crippen molar-refractivity contribution in [1.29, 1.82) is 0 Å². The standard InChI is InChI=1S/C16H29N3O/c1-5-6-17-10-16-13(2)9-15(20-16)12-19-8-7-18(4)11-14(19)3/h9,14,17H,5-8,10-12H2,1-4H3. The van der Waals surface area contributed by atoms with Crippen molar-refractivity contribution in [1.82, 2.24) is 15.1 Å². The lowest BCUT2D eigenvalue weighted by molar-refractivity contribution is 0.0871. The zero-order valence-electron chi connectivity index (χ0n) is 13.4. The van der Waals surface area contributed by atoms with E-state index in [9.17, 15) is 0 Å². The van der Waals surface area contributed by atoms with Gasteiger partial charge in [-0.1, -0.05) is 6.92 Å². The van der Waals surface area contributed by atoms with Crippen LogP contribution in [0.1, 0.15) is 37.4 Å². The molecule has 1 aliphatic rings. The Labute approximate surface area is 123 Å². The Morgan fingerprint density at radius 3 is 2.90 bits per heavy atom. The maximum Gasteiger partial charge on any atom is 0.120 e. The van der Waals surface area contributed by atoms with E-state index >= 15 is 0 Å². The zero-order valence-corrected chi connectivity index (χ0v) is 13.4. The highest BCUT2D eigenvalue weighted by molar-refractivity contribution is 5.20. The third-order valence-electron chi connectivity index (χ3n) is 4.11. The summed E-state index contributed by atoms with van der Waals surface area (Å²) in [4.78, 5) is 4.91. The zero-order chi connectivity index (χ0) is 14.5. The molecule has 20 heavy (non-hydrogen) atoms. The predicted molar refractivity (Wildman–Crippen MR) is 82.8 cm³/mol. The van der Waals surface area contributed by atoms with Crippen molar-refractivity contribution in [3.63, 3.8) is 0 Å². The fourth-order valence-corrected chi connectivity index (χ4v) is 2.83. The second kappa shape index (κ2) is 7.25. The molecule has 0 saturated carbocycles. The van der Waals surface area contributed by atoms with Crippen LogP contribution < -0.4 is 5.32 Å². The Morgan fingerprint density at radius 2 is 2.20 bits per heavy atom. The average molecular weight is 279 g/mol. The van der Waals surface area contributed by atoms with Crippen molar-refractivity contribution in [3.05, 3.63) is 23.2 Å². The van der Waals surface area contributed by atoms with E-state index in [-0.39, 0.29) is 0 Å². The quantitative estimate of drug-likeness (QED) is 0.809. The van der Waals surface area contributed by atoms with Gasteiger partial charge >= 0.3 is 0 Å². The van der Waals surface area contributed by atoms with Crippen LogP contribution in [-0.4, -0.2) is 49.1 Å². The van der Waals surface area contributed by atoms with Gasteiger partial charge in [0, 0.05) is 25.7 Å². The van der Waals surface area contributed by atoms with Gasteiger partial charge < -0.3 is 14.6 Å². The molecule has 0 bridgehead atoms. The van der Waals surface area contributed by atoms with E-state index in [1.807, 2.05) is 0 Å². The SMILES string of the molecule is CCCNCc1oc(CN2CCN(C)CC2C)cc1C. The number of hydrogen-bond donors (Lipinski definition) is 1. The maximum atomic E-state index is 6.02. The second-order valence-electron chi connectivity index (χ2n) is 6.08. The first kappa shape index (κ1) is 15.5. The minimum absolute atomic E-state index is 0.598. The Hall–Kier alpha value is -0.840. The van der Waals surface area contributed by atoms with Crippen molar-refractivity contribution in [2.75, 3.05) is 33.2 Å². The van der Waals surface area contributed by atoms with Gasteiger partial charge in [-0.25, -0.2) is 0 Å². The number of furan rings is 1. The van der Waals surface area contributed by atoms with Crippen LogP contribution in [0.15, 0.2) is 10.5 Å². The van der Waals surface area contributed by atoms with Gasteiger partial charge in [0.2, 0.25) is 0 Å². The van der Waals surface area contributed by atoms with Crippen LogP contribution in [0.4, 0.5) is 0 Å². The molecule has 1 N–H and O–H groups in total. The van der Waals surface area contributed by atoms with Gasteiger partial charge in [0.25, 0.3) is 0 Å². The molecule has 1 aromatic heterocycles. The van der Waals surface area contributed by atoms with Crippen LogP contribution in [0.25, 0.3) is 0 Å². The van der Waals surface area contributed by atoms with Gasteiger partial charge in [0.1, 0.15) is 11.5 Å². The van der Waals surface area contributed by atoms with Gasteiger partial charge in [-0.3, -0.25) is 4.90 Å². The molecule has 2 heterocycles. The molecule has 1 aromatic rings. The molecule has 0 aliphatic carbocycles. The number of hydrogen-bond acceptors (Lipinski definition) is 4. The highest BCUT2D eigenvalue weighted by atomic mass is 16.3. The Kier molecular flexibility index (Phi) is 5.64. The van der Waals surface area contributed by atoms with E-state index < -0.39 is 0 Å². The van der Waals surface area contributed by atoms with Gasteiger partial charge in [0.05, 0.1) is 13.1 Å². The van der Waals surface area contributed by atoms with Crippen LogP contribution in [0.3, 0.4) is 0 Å². The van der Waals surface area contributed by atoms with Crippen LogP contribution >= 0.6 is 0 Å². The molecule has 1 saturated heterocycles. The first-order valence-electron chi connectivity index (χ1n) is 7.81. The summed E-state index contributed by atoms with van der Waals surface area (Å²) in [5.74, 6) is 2.20. The first-order valence-corrected chi connectivity index (χ1v) is 7.81. The van der Waals surface area contributed by atoms with Gasteiger partial charge in [-0.05, 0) is 45.5 Å². The normalized spacial score (nSPS) is 21.5. The first-order chi connectivity index (χ1) is 9.60. The Morgan fingerprint density at radius 1 is 1.40 bits per heavy atom. The molecule has 1 atom stereocenters. The molecule has 1 aliphatic heterocycles. The molecule has 0 radical (unpaired) electrons. The smallest absolute Gasteiger partial charge is 0.120 e. The summed E-state index contributed by atoms with van der Waals surface area (Å²) in [7, 11) is 2.20. The number of piperazine rings is 1. The summed E-state index contributed by atoms with van der Waals surface area (Å²) in [6, 6.07) is 2.80. The van der Waals surface area contributed by atoms with E-state index in [4.69, 9.17) is 4.42 Å². The van der Waals surface area contributed by atoms with Crippen LogP contribution in [0.5, 0.6) is 0 Å². The van der Waals surface area contributed by atoms with Gasteiger partial charge in [-0.15, -0.1) is 0 Å². The van der Waals surface area contributed by atoms with Crippen LogP contribution in [0, 0.1) is 6.92 Å². The lowest BCUT2D eigenvalue weighted by Gasteiger charge is -2.37. The fourth-order valence-electron chi connectivity index (χ4n) is 2.83. The molecule has 1 unspecified atom stereocenters. The molecule has 0 aromatic carbocycles. The summed E-state index contributed by atoms with van der Waals surface area (Å²) in [5.41, 5.74) is 1.27. The highest BCUT2D eigenvalue weighted by Gasteiger charge is 2.22. The largest absolute Gasteiger partial charge is 0.463 e. The van der Waals surface area contributed by atoms with Gasteiger partial charge in [-0.2, -0.15) is 0 Å². The van der Waals surface area contributed by atoms with E-state index in [1.165, 1.54) is 5.56 Å². The van der Waals surface area contributed by atoms with Crippen LogP contribution in [0.2, 0.25) is 0 Å². The molecular weight excluding hydrogens is 250 g/mol. The minimum Gasteiger partial charge on any atom is -0.463 e. The van der Waals surface area contributed by atoms with E-state index in [2.05, 4.69) is 49.0 Å². The summed E-state index contributed by atoms with van der Waals surface area (Å²) in [5, 5.41) is 3.41. The Balaban J connectivity index is 1.91. The van der Waals surface area contributed by atoms with Crippen molar-refractivity contribution < 1.29 is 4.42 Å². The molecular formula is C16H29N3O. The molecule has 1 fully saturated rings. The minimum atomic E-state index is 0.598. The number of nitrogens with one attached hydrogen (secondary N) is 1. The van der Waals surface area contributed by atoms with Crippen LogP contribution in [-0.2, 0) is 13.1 Å². The molecule has 114 valence electrons. The third kappa shape index (κ3) is 4.08. The maximum absolute atomic E-state index is 6.02. The molecule has 4 heteroatoms. The summed E-state index contributed by atoms with van der Waals surface area (Å²) < 4.78 is 6.02. The monoisotopic (exact) mass is 279 g/mol. The molecule has 0 spiro atoms. The second-order valence-corrected chi connectivity index (χ2v) is 6.08. The molecule has 0 amide bonds. The van der Waals surface area contributed by atoms with Crippen molar-refractivity contribution in [2.24, 2.45) is 0 Å². The lowest BCUT2D eigenvalue weighted by atomic mass is 10.2. The highest BCUT2D eigenvalue weighted by Crippen LogP contribution is 2.18. The Bertz CT molecular complexity index is 416. The number of likely N-dealkylation sites (N-methyl/N-ethyl adjacent to an activating group) is 1. The number of rotatable bonds is 6. The summed E-state index contributed by atoms with van der Waals surface area (Å²) >= 11 is 0. The van der Waals surface area contributed by atoms with Crippen molar-refractivity contribution >= 4 is 0 Å². The molecule has 4 nitrogen and oxygen atoms in total. The third-order valence-corrected chi connectivity index (χ3v) is 4.11. The summed E-state index contributed by atoms with van der Waals surface area (Å²) in [6.45, 7) is 12.9. The predicted octanol–water partition coefficient (Wildman–Crippen LogP) is 2.22. The van der Waals surface area contributed by atoms with E-state index in [0.29, 0.717) is 6.04 Å². The van der Waals surface area contributed by atoms with Crippen molar-refractivity contribution in [2.45, 2.75) is 46.3 Å². The fraction of sp³-hybridized carbons (Fsp3) is 0.750. The van der Waals surface area contributed by atoms with E-state index in [0.717, 1.165) is 57.2 Å². The van der Waals surface area contributed by atoms with E-state index in [1.54, 1.807) is 0 Å². The van der Waals surface area contributed by atoms with Gasteiger partial charge in [0.15, 0.2) is 0 Å². The lowest BCUT2D eigenvalue weighted by Crippen LogP contribution is -2.49. The number of aryl methyl sites for hydroxylation is 1. The summed E-state index contributed by atoms with van der Waals surface area (Å²) in [6.07, 6.45) is 1.16. The van der Waals surface area contributed by atoms with Crippen molar-refractivity contribution in [3.8, 4) is 0 Å².